The molecule has 0 aliphatic carbocycles. The van der Waals surface area contributed by atoms with Crippen LogP contribution in [0.1, 0.15) is 11.5 Å². The Balaban J connectivity index is 1.65. The van der Waals surface area contributed by atoms with Gasteiger partial charge < -0.3 is 14.2 Å². The fourth-order valence-electron chi connectivity index (χ4n) is 2.83. The fraction of sp³-hybridized carbons (Fsp3) is 0.227. The summed E-state index contributed by atoms with van der Waals surface area (Å²) < 4.78 is 10.4. The Hall–Kier alpha value is -3.85. The van der Waals surface area contributed by atoms with E-state index in [-0.39, 0.29) is 17.4 Å². The van der Waals surface area contributed by atoms with Crippen molar-refractivity contribution in [2.45, 2.75) is 6.42 Å². The number of amides is 1. The van der Waals surface area contributed by atoms with Crippen molar-refractivity contribution in [3.8, 4) is 11.4 Å². The molecule has 0 saturated heterocycles. The predicted octanol–water partition coefficient (Wildman–Crippen LogP) is 3.38. The molecule has 0 saturated carbocycles. The second-order valence-corrected chi connectivity index (χ2v) is 6.63. The molecule has 1 amide bonds. The van der Waals surface area contributed by atoms with Gasteiger partial charge in [-0.2, -0.15) is 4.98 Å². The average molecular weight is 422 g/mol. The number of benzene rings is 2. The summed E-state index contributed by atoms with van der Waals surface area (Å²) in [7, 11) is 1.58. The van der Waals surface area contributed by atoms with Gasteiger partial charge in [-0.05, 0) is 11.6 Å². The number of rotatable bonds is 10. The molecule has 0 atom stereocenters. The third-order valence-electron chi connectivity index (χ3n) is 4.47. The van der Waals surface area contributed by atoms with E-state index in [4.69, 9.17) is 9.26 Å². The molecule has 0 N–H and O–H groups in total. The van der Waals surface area contributed by atoms with Crippen molar-refractivity contribution in [1.82, 2.24) is 15.0 Å². The van der Waals surface area contributed by atoms with E-state index < -0.39 is 4.92 Å². The van der Waals surface area contributed by atoms with E-state index in [0.29, 0.717) is 37.6 Å². The van der Waals surface area contributed by atoms with E-state index in [1.807, 2.05) is 30.3 Å². The molecule has 0 aliphatic heterocycles. The molecule has 2 aromatic carbocycles. The summed E-state index contributed by atoms with van der Waals surface area (Å²) in [5, 5.41) is 14.8. The molecule has 0 unspecified atom stereocenters. The second kappa shape index (κ2) is 10.8. The van der Waals surface area contributed by atoms with Crippen molar-refractivity contribution in [3.63, 3.8) is 0 Å². The molecular weight excluding hydrogens is 400 g/mol. The summed E-state index contributed by atoms with van der Waals surface area (Å²) in [5.41, 5.74) is 1.37. The number of aromatic nitrogens is 2. The predicted molar refractivity (Wildman–Crippen MR) is 114 cm³/mol. The van der Waals surface area contributed by atoms with Crippen molar-refractivity contribution in [2.75, 3.05) is 26.8 Å². The van der Waals surface area contributed by atoms with Gasteiger partial charge in [0.1, 0.15) is 0 Å². The summed E-state index contributed by atoms with van der Waals surface area (Å²) in [5.74, 6) is 0.445. The quantitative estimate of drug-likeness (QED) is 0.280. The molecule has 1 aromatic heterocycles. The number of hydrogen-bond acceptors (Lipinski definition) is 7. The highest BCUT2D eigenvalue weighted by molar-refractivity contribution is 5.91. The largest absolute Gasteiger partial charge is 0.383 e. The van der Waals surface area contributed by atoms with Crippen LogP contribution in [-0.2, 0) is 16.0 Å². The highest BCUT2D eigenvalue weighted by Crippen LogP contribution is 2.21. The standard InChI is InChI=1S/C22H22N4O5/c1-30-15-14-25(21(27)11-10-17-6-3-2-4-7-17)13-12-20-23-22(24-31-20)18-8-5-9-19(16-18)26(28)29/h2-11,16H,12-15H2,1H3. The molecule has 9 nitrogen and oxygen atoms in total. The molecule has 0 spiro atoms. The third kappa shape index (κ3) is 6.31. The zero-order valence-electron chi connectivity index (χ0n) is 17.0. The van der Waals surface area contributed by atoms with E-state index in [1.165, 1.54) is 18.2 Å². The van der Waals surface area contributed by atoms with Crippen LogP contribution >= 0.6 is 0 Å². The van der Waals surface area contributed by atoms with Crippen molar-refractivity contribution in [2.24, 2.45) is 0 Å². The zero-order valence-corrected chi connectivity index (χ0v) is 17.0. The van der Waals surface area contributed by atoms with E-state index in [9.17, 15) is 14.9 Å². The normalized spacial score (nSPS) is 11.0. The summed E-state index contributed by atoms with van der Waals surface area (Å²) >= 11 is 0. The first kappa shape index (κ1) is 21.8. The SMILES string of the molecule is COCCN(CCc1nc(-c2cccc([N+](=O)[O-])c2)no1)C(=O)C=Cc1ccccc1. The number of nitrogens with zero attached hydrogens (tertiary/aromatic N) is 4. The molecule has 160 valence electrons. The first-order valence-corrected chi connectivity index (χ1v) is 9.65. The highest BCUT2D eigenvalue weighted by atomic mass is 16.6. The zero-order chi connectivity index (χ0) is 22.1. The van der Waals surface area contributed by atoms with Crippen molar-refractivity contribution in [3.05, 3.63) is 82.2 Å². The number of hydrogen-bond donors (Lipinski definition) is 0. The van der Waals surface area contributed by atoms with Crippen molar-refractivity contribution < 1.29 is 19.0 Å². The lowest BCUT2D eigenvalue weighted by Crippen LogP contribution is -2.34. The second-order valence-electron chi connectivity index (χ2n) is 6.63. The molecule has 0 bridgehead atoms. The molecule has 0 fully saturated rings. The van der Waals surface area contributed by atoms with Crippen LogP contribution < -0.4 is 0 Å². The smallest absolute Gasteiger partial charge is 0.270 e. The van der Waals surface area contributed by atoms with E-state index in [1.54, 1.807) is 30.2 Å². The first-order valence-electron chi connectivity index (χ1n) is 9.65. The van der Waals surface area contributed by atoms with E-state index in [0.717, 1.165) is 5.56 Å². The van der Waals surface area contributed by atoms with Crippen molar-refractivity contribution >= 4 is 17.7 Å². The number of nitro benzene ring substituents is 1. The molecule has 1 heterocycles. The number of nitro groups is 1. The van der Waals surface area contributed by atoms with Crippen LogP contribution in [0.5, 0.6) is 0 Å². The maximum absolute atomic E-state index is 12.6. The summed E-state index contributed by atoms with van der Waals surface area (Å²) in [6.07, 6.45) is 3.62. The van der Waals surface area contributed by atoms with Crippen LogP contribution in [0.4, 0.5) is 5.69 Å². The number of carbonyl (C=O) groups excluding carboxylic acids is 1. The summed E-state index contributed by atoms with van der Waals surface area (Å²) in [6.45, 7) is 1.17. The molecule has 0 radical (unpaired) electrons. The highest BCUT2D eigenvalue weighted by Gasteiger charge is 2.15. The van der Waals surface area contributed by atoms with Gasteiger partial charge in [-0.25, -0.2) is 0 Å². The summed E-state index contributed by atoms with van der Waals surface area (Å²) in [6, 6.07) is 15.6. The monoisotopic (exact) mass is 422 g/mol. The third-order valence-corrected chi connectivity index (χ3v) is 4.47. The van der Waals surface area contributed by atoms with Crippen LogP contribution in [0, 0.1) is 10.1 Å². The number of non-ortho nitro benzene ring substituents is 1. The average Bonchev–Trinajstić information content (AvgIpc) is 3.27. The van der Waals surface area contributed by atoms with E-state index in [2.05, 4.69) is 10.1 Å². The Labute approximate surface area is 179 Å². The number of carbonyl (C=O) groups is 1. The van der Waals surface area contributed by atoms with Gasteiger partial charge in [-0.15, -0.1) is 0 Å². The molecule has 3 aromatic rings. The molecule has 31 heavy (non-hydrogen) atoms. The van der Waals surface area contributed by atoms with Gasteiger partial charge in [0.15, 0.2) is 0 Å². The minimum atomic E-state index is -0.479. The lowest BCUT2D eigenvalue weighted by molar-refractivity contribution is -0.384. The summed E-state index contributed by atoms with van der Waals surface area (Å²) in [4.78, 5) is 29.0. The maximum atomic E-state index is 12.6. The van der Waals surface area contributed by atoms with Crippen molar-refractivity contribution in [1.29, 1.82) is 0 Å². The topological polar surface area (TPSA) is 112 Å². The number of ether oxygens (including phenoxy) is 1. The Kier molecular flexibility index (Phi) is 7.61. The van der Waals surface area contributed by atoms with Gasteiger partial charge in [-0.1, -0.05) is 47.6 Å². The van der Waals surface area contributed by atoms with Crippen LogP contribution in [0.25, 0.3) is 17.5 Å². The molecule has 0 aliphatic rings. The van der Waals surface area contributed by atoms with Crippen LogP contribution in [0.15, 0.2) is 65.2 Å². The number of methoxy groups -OCH3 is 1. The van der Waals surface area contributed by atoms with Gasteiger partial charge >= 0.3 is 0 Å². The van der Waals surface area contributed by atoms with Gasteiger partial charge in [0, 0.05) is 50.4 Å². The fourth-order valence-corrected chi connectivity index (χ4v) is 2.83. The van der Waals surface area contributed by atoms with Gasteiger partial charge in [0.2, 0.25) is 17.6 Å². The Morgan fingerprint density at radius 2 is 2.00 bits per heavy atom. The lowest BCUT2D eigenvalue weighted by atomic mass is 10.2. The van der Waals surface area contributed by atoms with Crippen LogP contribution in [0.2, 0.25) is 0 Å². The van der Waals surface area contributed by atoms with Crippen LogP contribution in [0.3, 0.4) is 0 Å². The van der Waals surface area contributed by atoms with Gasteiger partial charge in [0.25, 0.3) is 5.69 Å². The Bertz CT molecular complexity index is 1050. The Morgan fingerprint density at radius 1 is 1.19 bits per heavy atom. The minimum Gasteiger partial charge on any atom is -0.383 e. The molecule has 3 rings (SSSR count). The molecule has 9 heteroatoms. The van der Waals surface area contributed by atoms with Gasteiger partial charge in [-0.3, -0.25) is 14.9 Å². The minimum absolute atomic E-state index is 0.0506. The Morgan fingerprint density at radius 3 is 2.74 bits per heavy atom. The maximum Gasteiger partial charge on any atom is 0.270 e. The van der Waals surface area contributed by atoms with Crippen LogP contribution in [-0.4, -0.2) is 52.7 Å². The first-order chi connectivity index (χ1) is 15.1. The molecular formula is C22H22N4O5. The van der Waals surface area contributed by atoms with Gasteiger partial charge in [0.05, 0.1) is 11.5 Å². The lowest BCUT2D eigenvalue weighted by Gasteiger charge is -2.20. The van der Waals surface area contributed by atoms with E-state index >= 15 is 0 Å².